The summed E-state index contributed by atoms with van der Waals surface area (Å²) in [5.41, 5.74) is 5.84. The molecule has 1 unspecified atom stereocenters. The molecule has 1 atom stereocenters. The summed E-state index contributed by atoms with van der Waals surface area (Å²) in [6.45, 7) is 1.82. The van der Waals surface area contributed by atoms with Crippen LogP contribution in [0.5, 0.6) is 0 Å². The van der Waals surface area contributed by atoms with Gasteiger partial charge in [0, 0.05) is 23.2 Å². The summed E-state index contributed by atoms with van der Waals surface area (Å²) in [5, 5.41) is 3.55. The largest absolute Gasteiger partial charge is 0.379 e. The van der Waals surface area contributed by atoms with E-state index in [2.05, 4.69) is 15.3 Å². The van der Waals surface area contributed by atoms with Gasteiger partial charge in [-0.2, -0.15) is 0 Å². The number of thioether (sulfide) groups is 1. The number of aliphatic imine (C=N–C) groups is 1. The highest BCUT2D eigenvalue weighted by Crippen LogP contribution is 2.37. The Balaban J connectivity index is 1.90. The quantitative estimate of drug-likeness (QED) is 0.780. The lowest BCUT2D eigenvalue weighted by molar-refractivity contribution is 0.102. The van der Waals surface area contributed by atoms with Crippen LogP contribution in [0.1, 0.15) is 29.4 Å². The molecule has 5 nitrogen and oxygen atoms in total. The van der Waals surface area contributed by atoms with Gasteiger partial charge in [0.05, 0.1) is 15.6 Å². The zero-order valence-electron chi connectivity index (χ0n) is 13.7. The summed E-state index contributed by atoms with van der Waals surface area (Å²) in [6.07, 6.45) is 1.97. The maximum atomic E-state index is 14.4. The molecule has 0 bridgehead atoms. The van der Waals surface area contributed by atoms with Crippen LogP contribution >= 0.6 is 35.0 Å². The number of amidine groups is 1. The maximum absolute atomic E-state index is 14.4. The van der Waals surface area contributed by atoms with Crippen molar-refractivity contribution in [3.8, 4) is 0 Å². The van der Waals surface area contributed by atoms with Gasteiger partial charge >= 0.3 is 0 Å². The second-order valence-corrected chi connectivity index (χ2v) is 7.91. The molecule has 1 aliphatic heterocycles. The number of nitrogens with one attached hydrogen (secondary N) is 1. The lowest BCUT2D eigenvalue weighted by Gasteiger charge is -2.30. The Bertz CT molecular complexity index is 908. The average Bonchev–Trinajstić information content (AvgIpc) is 2.56. The normalized spacial score (nSPS) is 19.8. The van der Waals surface area contributed by atoms with Crippen molar-refractivity contribution in [2.24, 2.45) is 10.7 Å². The summed E-state index contributed by atoms with van der Waals surface area (Å²) >= 11 is 13.2. The minimum Gasteiger partial charge on any atom is -0.379 e. The second-order valence-electron chi connectivity index (χ2n) is 5.96. The number of carbonyl (C=O) groups excluding carboxylic acids is 1. The number of anilines is 1. The van der Waals surface area contributed by atoms with Crippen molar-refractivity contribution in [1.82, 2.24) is 4.98 Å². The van der Waals surface area contributed by atoms with E-state index < -0.39 is 17.3 Å². The third-order valence-corrected chi connectivity index (χ3v) is 5.31. The fourth-order valence-electron chi connectivity index (χ4n) is 2.67. The molecule has 3 N–H and O–H groups in total. The molecule has 0 radical (unpaired) electrons. The standard InChI is InChI=1S/C17H15Cl2FN4OS/c1-17(4-5-26-16(21)24-17)11-7-10(2-3-13(11)20)23-15(25)14-12(19)6-9(18)8-22-14/h2-3,6-8H,4-5H2,1H3,(H2,21,24)(H,23,25). The molecule has 1 aromatic heterocycles. The number of hydrogen-bond acceptors (Lipinski definition) is 5. The predicted molar refractivity (Wildman–Crippen MR) is 105 cm³/mol. The highest BCUT2D eigenvalue weighted by molar-refractivity contribution is 8.13. The summed E-state index contributed by atoms with van der Waals surface area (Å²) in [6, 6.07) is 5.75. The third kappa shape index (κ3) is 3.95. The molecule has 136 valence electrons. The fourth-order valence-corrected chi connectivity index (χ4v) is 4.11. The molecule has 0 aliphatic carbocycles. The van der Waals surface area contributed by atoms with Crippen molar-refractivity contribution in [2.45, 2.75) is 18.9 Å². The molecule has 9 heteroatoms. The number of pyridine rings is 1. The number of halogens is 3. The lowest BCUT2D eigenvalue weighted by atomic mass is 9.89. The van der Waals surface area contributed by atoms with Gasteiger partial charge in [-0.1, -0.05) is 35.0 Å². The Morgan fingerprint density at radius 1 is 1.38 bits per heavy atom. The number of amides is 1. The molecule has 1 amide bonds. The summed E-state index contributed by atoms with van der Waals surface area (Å²) in [7, 11) is 0. The smallest absolute Gasteiger partial charge is 0.275 e. The Kier molecular flexibility index (Phi) is 5.41. The van der Waals surface area contributed by atoms with Crippen LogP contribution in [0.2, 0.25) is 10.0 Å². The van der Waals surface area contributed by atoms with Gasteiger partial charge in [-0.3, -0.25) is 9.79 Å². The van der Waals surface area contributed by atoms with E-state index in [1.165, 1.54) is 36.2 Å². The first-order valence-corrected chi connectivity index (χ1v) is 9.43. The van der Waals surface area contributed by atoms with Crippen LogP contribution in [-0.2, 0) is 5.54 Å². The van der Waals surface area contributed by atoms with Crippen molar-refractivity contribution in [2.75, 3.05) is 11.1 Å². The first kappa shape index (κ1) is 18.9. The van der Waals surface area contributed by atoms with Gasteiger partial charge < -0.3 is 11.1 Å². The van der Waals surface area contributed by atoms with Crippen molar-refractivity contribution in [3.05, 3.63) is 57.6 Å². The van der Waals surface area contributed by atoms with E-state index in [0.717, 1.165) is 5.75 Å². The number of aromatic nitrogens is 1. The zero-order valence-corrected chi connectivity index (χ0v) is 16.1. The van der Waals surface area contributed by atoms with Crippen LogP contribution in [0.3, 0.4) is 0 Å². The van der Waals surface area contributed by atoms with Crippen LogP contribution < -0.4 is 11.1 Å². The highest BCUT2D eigenvalue weighted by atomic mass is 35.5. The molecule has 26 heavy (non-hydrogen) atoms. The molecule has 0 spiro atoms. The Labute approximate surface area is 164 Å². The van der Waals surface area contributed by atoms with Crippen molar-refractivity contribution in [3.63, 3.8) is 0 Å². The molecule has 3 rings (SSSR count). The van der Waals surface area contributed by atoms with E-state index >= 15 is 0 Å². The highest BCUT2D eigenvalue weighted by Gasteiger charge is 2.32. The van der Waals surface area contributed by atoms with Gasteiger partial charge in [0.2, 0.25) is 0 Å². The predicted octanol–water partition coefficient (Wildman–Crippen LogP) is 4.45. The van der Waals surface area contributed by atoms with Crippen LogP contribution in [0.4, 0.5) is 10.1 Å². The molecular weight excluding hydrogens is 398 g/mol. The number of nitrogens with two attached hydrogens (primary N) is 1. The zero-order chi connectivity index (χ0) is 18.9. The molecule has 0 saturated heterocycles. The number of carbonyl (C=O) groups is 1. The lowest BCUT2D eigenvalue weighted by Crippen LogP contribution is -2.29. The topological polar surface area (TPSA) is 80.4 Å². The van der Waals surface area contributed by atoms with Crippen LogP contribution in [0.25, 0.3) is 0 Å². The molecule has 1 aliphatic rings. The van der Waals surface area contributed by atoms with Crippen LogP contribution in [0.15, 0.2) is 35.5 Å². The van der Waals surface area contributed by atoms with E-state index in [1.54, 1.807) is 6.07 Å². The molecule has 0 fully saturated rings. The van der Waals surface area contributed by atoms with Gasteiger partial charge in [0.1, 0.15) is 11.5 Å². The SMILES string of the molecule is CC1(c2cc(NC(=O)c3ncc(Cl)cc3Cl)ccc2F)CCSC(N)=N1. The Hall–Kier alpha value is -1.83. The molecular formula is C17H15Cl2FN4OS. The van der Waals surface area contributed by atoms with E-state index in [-0.39, 0.29) is 10.7 Å². The van der Waals surface area contributed by atoms with E-state index in [1.807, 2.05) is 6.92 Å². The molecule has 2 aromatic rings. The van der Waals surface area contributed by atoms with E-state index in [9.17, 15) is 9.18 Å². The van der Waals surface area contributed by atoms with Crippen molar-refractivity contribution < 1.29 is 9.18 Å². The van der Waals surface area contributed by atoms with Gasteiger partial charge in [-0.15, -0.1) is 0 Å². The van der Waals surface area contributed by atoms with Crippen molar-refractivity contribution in [1.29, 1.82) is 0 Å². The first-order chi connectivity index (χ1) is 12.3. The third-order valence-electron chi connectivity index (χ3n) is 4.02. The number of hydrogen-bond donors (Lipinski definition) is 2. The summed E-state index contributed by atoms with van der Waals surface area (Å²) < 4.78 is 14.4. The maximum Gasteiger partial charge on any atom is 0.275 e. The summed E-state index contributed by atoms with van der Waals surface area (Å²) in [5.74, 6) is -0.181. The van der Waals surface area contributed by atoms with Gasteiger partial charge in [0.25, 0.3) is 5.91 Å². The fraction of sp³-hybridized carbons (Fsp3) is 0.235. The number of nitrogens with zero attached hydrogens (tertiary/aromatic N) is 2. The second kappa shape index (κ2) is 7.42. The van der Waals surface area contributed by atoms with Gasteiger partial charge in [-0.05, 0) is 37.6 Å². The van der Waals surface area contributed by atoms with Gasteiger partial charge in [-0.25, -0.2) is 9.37 Å². The van der Waals surface area contributed by atoms with E-state index in [0.29, 0.717) is 27.9 Å². The van der Waals surface area contributed by atoms with Crippen LogP contribution in [-0.4, -0.2) is 21.8 Å². The molecule has 0 saturated carbocycles. The minimum atomic E-state index is -0.781. The Morgan fingerprint density at radius 2 is 2.15 bits per heavy atom. The van der Waals surface area contributed by atoms with Gasteiger partial charge in [0.15, 0.2) is 5.17 Å². The monoisotopic (exact) mass is 412 g/mol. The Morgan fingerprint density at radius 3 is 2.85 bits per heavy atom. The summed E-state index contributed by atoms with van der Waals surface area (Å²) in [4.78, 5) is 20.7. The first-order valence-electron chi connectivity index (χ1n) is 7.69. The van der Waals surface area contributed by atoms with E-state index in [4.69, 9.17) is 28.9 Å². The molecule has 2 heterocycles. The minimum absolute atomic E-state index is 0.0319. The van der Waals surface area contributed by atoms with Crippen LogP contribution in [0, 0.1) is 5.82 Å². The molecule has 1 aromatic carbocycles. The number of rotatable bonds is 3. The number of benzene rings is 1. The van der Waals surface area contributed by atoms with Crippen molar-refractivity contribution >= 4 is 51.7 Å². The average molecular weight is 413 g/mol.